The van der Waals surface area contributed by atoms with Gasteiger partial charge in [-0.05, 0) is 49.4 Å². The fraction of sp³-hybridized carbons (Fsp3) is 0.261. The second-order valence-electron chi connectivity index (χ2n) is 7.58. The van der Waals surface area contributed by atoms with Crippen LogP contribution in [0.1, 0.15) is 46.6 Å². The molecule has 0 saturated heterocycles. The molecule has 3 N–H and O–H groups in total. The Hall–Kier alpha value is -2.99. The van der Waals surface area contributed by atoms with Gasteiger partial charge in [-0.3, -0.25) is 9.78 Å². The summed E-state index contributed by atoms with van der Waals surface area (Å²) < 4.78 is 0. The number of fused-ring (bicyclic) bond motifs is 3. The topological polar surface area (TPSA) is 80.9 Å². The Balaban J connectivity index is 1.48. The number of carbonyl (C=O) groups excluding carboxylic acids is 1. The lowest BCUT2D eigenvalue weighted by Gasteiger charge is -2.12. The Bertz CT molecular complexity index is 1230. The number of para-hydroxylation sites is 1. The highest BCUT2D eigenvalue weighted by atomic mass is 32.1. The summed E-state index contributed by atoms with van der Waals surface area (Å²) in [5.74, 6) is -0.213. The smallest absolute Gasteiger partial charge is 0.267 e. The number of nitrogens with two attached hydrogens (primary N) is 1. The third-order valence-electron chi connectivity index (χ3n) is 5.55. The first-order chi connectivity index (χ1) is 14.2. The van der Waals surface area contributed by atoms with Crippen LogP contribution < -0.4 is 11.1 Å². The molecule has 5 rings (SSSR count). The van der Waals surface area contributed by atoms with E-state index in [1.165, 1.54) is 48.3 Å². The Labute approximate surface area is 173 Å². The molecule has 146 valence electrons. The maximum atomic E-state index is 12.9. The highest BCUT2D eigenvalue weighted by Gasteiger charge is 2.20. The fourth-order valence-electron chi connectivity index (χ4n) is 4.01. The first kappa shape index (κ1) is 18.1. The number of rotatable bonds is 2. The van der Waals surface area contributed by atoms with E-state index >= 15 is 0 Å². The lowest BCUT2D eigenvalue weighted by atomic mass is 9.96. The van der Waals surface area contributed by atoms with Crippen LogP contribution in [0.15, 0.2) is 42.6 Å². The van der Waals surface area contributed by atoms with Crippen LogP contribution in [0.2, 0.25) is 0 Å². The average molecular weight is 403 g/mol. The Morgan fingerprint density at radius 1 is 1.07 bits per heavy atom. The number of hydrogen-bond donors (Lipinski definition) is 2. The number of hydrogen-bond acceptors (Lipinski definition) is 5. The van der Waals surface area contributed by atoms with Crippen molar-refractivity contribution in [2.24, 2.45) is 0 Å². The zero-order chi connectivity index (χ0) is 19.8. The summed E-state index contributed by atoms with van der Waals surface area (Å²) >= 11 is 1.37. The number of nitrogen functional groups attached to an aromatic ring is 1. The Morgan fingerprint density at radius 2 is 1.90 bits per heavy atom. The molecule has 4 aromatic rings. The van der Waals surface area contributed by atoms with Gasteiger partial charge in [0, 0.05) is 16.5 Å². The van der Waals surface area contributed by atoms with Crippen molar-refractivity contribution in [1.29, 1.82) is 0 Å². The molecule has 1 amide bonds. The van der Waals surface area contributed by atoms with E-state index in [-0.39, 0.29) is 5.91 Å². The fourth-order valence-corrected chi connectivity index (χ4v) is 5.00. The molecule has 29 heavy (non-hydrogen) atoms. The van der Waals surface area contributed by atoms with E-state index in [9.17, 15) is 4.79 Å². The zero-order valence-corrected chi connectivity index (χ0v) is 16.9. The number of aryl methyl sites for hydroxylation is 2. The van der Waals surface area contributed by atoms with Gasteiger partial charge in [0.15, 0.2) is 0 Å². The van der Waals surface area contributed by atoms with E-state index in [0.29, 0.717) is 16.3 Å². The van der Waals surface area contributed by atoms with Crippen LogP contribution in [0, 0.1) is 0 Å². The minimum atomic E-state index is -0.213. The molecule has 0 radical (unpaired) electrons. The highest BCUT2D eigenvalue weighted by Crippen LogP contribution is 2.35. The van der Waals surface area contributed by atoms with Crippen molar-refractivity contribution < 1.29 is 4.79 Å². The molecule has 5 nitrogen and oxygen atoms in total. The number of benzene rings is 1. The summed E-state index contributed by atoms with van der Waals surface area (Å²) in [4.78, 5) is 23.6. The van der Waals surface area contributed by atoms with Crippen molar-refractivity contribution >= 4 is 49.7 Å². The molecule has 1 aliphatic rings. The van der Waals surface area contributed by atoms with E-state index < -0.39 is 0 Å². The number of carbonyl (C=O) groups is 1. The molecule has 3 aromatic heterocycles. The lowest BCUT2D eigenvalue weighted by molar-refractivity contribution is 0.103. The van der Waals surface area contributed by atoms with Crippen molar-refractivity contribution in [3.63, 3.8) is 0 Å². The van der Waals surface area contributed by atoms with Crippen LogP contribution in [0.25, 0.3) is 21.1 Å². The molecule has 0 fully saturated rings. The molecule has 0 atom stereocenters. The Kier molecular flexibility index (Phi) is 4.64. The largest absolute Gasteiger partial charge is 0.397 e. The SMILES string of the molecule is Nc1c(C(=O)Nc2cnc3ccccc3c2)sc2nc3c(cc12)CCCCCC3. The predicted octanol–water partition coefficient (Wildman–Crippen LogP) is 5.34. The van der Waals surface area contributed by atoms with Crippen molar-refractivity contribution in [1.82, 2.24) is 9.97 Å². The predicted molar refractivity (Wildman–Crippen MR) is 120 cm³/mol. The number of thiophene rings is 1. The average Bonchev–Trinajstić information content (AvgIpc) is 3.03. The van der Waals surface area contributed by atoms with Crippen LogP contribution in [0.3, 0.4) is 0 Å². The maximum absolute atomic E-state index is 12.9. The summed E-state index contributed by atoms with van der Waals surface area (Å²) in [6, 6.07) is 11.9. The number of aromatic nitrogens is 2. The lowest BCUT2D eigenvalue weighted by Crippen LogP contribution is -2.12. The molecule has 0 aliphatic heterocycles. The quantitative estimate of drug-likeness (QED) is 0.474. The van der Waals surface area contributed by atoms with E-state index in [4.69, 9.17) is 10.7 Å². The maximum Gasteiger partial charge on any atom is 0.267 e. The van der Waals surface area contributed by atoms with Gasteiger partial charge in [0.05, 0.1) is 23.1 Å². The van der Waals surface area contributed by atoms with E-state index in [1.807, 2.05) is 30.3 Å². The molecule has 1 aliphatic carbocycles. The molecule has 0 spiro atoms. The van der Waals surface area contributed by atoms with Crippen molar-refractivity contribution in [2.45, 2.75) is 38.5 Å². The summed E-state index contributed by atoms with van der Waals surface area (Å²) in [6.07, 6.45) is 8.61. The molecule has 0 saturated carbocycles. The first-order valence-electron chi connectivity index (χ1n) is 10.1. The second kappa shape index (κ2) is 7.44. The third kappa shape index (κ3) is 3.44. The van der Waals surface area contributed by atoms with Gasteiger partial charge in [-0.15, -0.1) is 11.3 Å². The molecule has 3 heterocycles. The van der Waals surface area contributed by atoms with Crippen LogP contribution in [-0.2, 0) is 12.8 Å². The summed E-state index contributed by atoms with van der Waals surface area (Å²) in [7, 11) is 0. The normalized spacial score (nSPS) is 14.3. The van der Waals surface area contributed by atoms with Gasteiger partial charge in [0.2, 0.25) is 0 Å². The van der Waals surface area contributed by atoms with E-state index in [0.717, 1.165) is 34.0 Å². The number of pyridine rings is 2. The van der Waals surface area contributed by atoms with Crippen LogP contribution in [0.5, 0.6) is 0 Å². The van der Waals surface area contributed by atoms with Crippen molar-refractivity contribution in [2.75, 3.05) is 11.1 Å². The van der Waals surface area contributed by atoms with Gasteiger partial charge in [0.25, 0.3) is 5.91 Å². The minimum Gasteiger partial charge on any atom is -0.397 e. The molecule has 0 unspecified atom stereocenters. The summed E-state index contributed by atoms with van der Waals surface area (Å²) in [5, 5.41) is 4.82. The monoisotopic (exact) mass is 402 g/mol. The summed E-state index contributed by atoms with van der Waals surface area (Å²) in [5.41, 5.74) is 10.9. The molecular weight excluding hydrogens is 380 g/mol. The number of anilines is 2. The summed E-state index contributed by atoms with van der Waals surface area (Å²) in [6.45, 7) is 0. The number of nitrogens with one attached hydrogen (secondary N) is 1. The van der Waals surface area contributed by atoms with Gasteiger partial charge in [-0.2, -0.15) is 0 Å². The number of nitrogens with zero attached hydrogens (tertiary/aromatic N) is 2. The van der Waals surface area contributed by atoms with Gasteiger partial charge in [-0.25, -0.2) is 4.98 Å². The minimum absolute atomic E-state index is 0.213. The molecule has 1 aromatic carbocycles. The second-order valence-corrected chi connectivity index (χ2v) is 8.58. The van der Waals surface area contributed by atoms with Crippen LogP contribution >= 0.6 is 11.3 Å². The van der Waals surface area contributed by atoms with Crippen molar-refractivity contribution in [3.05, 3.63) is 58.7 Å². The van der Waals surface area contributed by atoms with Crippen LogP contribution in [-0.4, -0.2) is 15.9 Å². The zero-order valence-electron chi connectivity index (χ0n) is 16.1. The van der Waals surface area contributed by atoms with Crippen LogP contribution in [0.4, 0.5) is 11.4 Å². The van der Waals surface area contributed by atoms with Gasteiger partial charge in [-0.1, -0.05) is 31.0 Å². The Morgan fingerprint density at radius 3 is 2.79 bits per heavy atom. The molecule has 6 heteroatoms. The van der Waals surface area contributed by atoms with E-state index in [1.54, 1.807) is 6.20 Å². The standard InChI is InChI=1S/C23H22N4OS/c24-20-17-12-15-7-3-1-2-4-10-19(15)27-23(17)29-21(20)22(28)26-16-11-14-8-5-6-9-18(14)25-13-16/h5-6,8-9,11-13H,1-4,7,10,24H2,(H,26,28). The molecule has 0 bridgehead atoms. The highest BCUT2D eigenvalue weighted by molar-refractivity contribution is 7.21. The van der Waals surface area contributed by atoms with Gasteiger partial charge >= 0.3 is 0 Å². The van der Waals surface area contributed by atoms with Crippen molar-refractivity contribution in [3.8, 4) is 0 Å². The van der Waals surface area contributed by atoms with E-state index in [2.05, 4.69) is 16.4 Å². The first-order valence-corrected chi connectivity index (χ1v) is 10.9. The van der Waals surface area contributed by atoms with Gasteiger partial charge < -0.3 is 11.1 Å². The molecular formula is C23H22N4OS. The third-order valence-corrected chi connectivity index (χ3v) is 6.67. The number of amides is 1. The van der Waals surface area contributed by atoms with Gasteiger partial charge in [0.1, 0.15) is 9.71 Å².